The number of alkyl halides is 1. The van der Waals surface area contributed by atoms with Gasteiger partial charge in [-0.25, -0.2) is 4.79 Å². The number of aliphatic hydroxyl groups excluding tert-OH is 2. The number of oxime groups is 1. The molecule has 0 unspecified atom stereocenters. The Balaban J connectivity index is 1.30. The number of halogens is 1. The maximum atomic E-state index is 14.9. The molecule has 8 rings (SSSR count). The number of ether oxygens (including phenoxy) is 4. The van der Waals surface area contributed by atoms with Crippen molar-refractivity contribution >= 4 is 51.6 Å². The largest absolute Gasteiger partial charge is 0.493 e. The van der Waals surface area contributed by atoms with Gasteiger partial charge in [0.15, 0.2) is 0 Å². The predicted molar refractivity (Wildman–Crippen MR) is 277 cm³/mol. The summed E-state index contributed by atoms with van der Waals surface area (Å²) in [6, 6.07) is 35.5. The third-order valence-electron chi connectivity index (χ3n) is 13.7. The fourth-order valence-corrected chi connectivity index (χ4v) is 11.4. The van der Waals surface area contributed by atoms with E-state index in [0.717, 1.165) is 63.8 Å². The zero-order chi connectivity index (χ0) is 49.6. The van der Waals surface area contributed by atoms with Gasteiger partial charge in [0.1, 0.15) is 30.8 Å². The van der Waals surface area contributed by atoms with E-state index in [4.69, 9.17) is 40.5 Å². The van der Waals surface area contributed by atoms with Crippen molar-refractivity contribution in [3.8, 4) is 11.5 Å². The van der Waals surface area contributed by atoms with Crippen molar-refractivity contribution in [1.29, 1.82) is 0 Å². The molecule has 374 valence electrons. The van der Waals surface area contributed by atoms with E-state index in [9.17, 15) is 25.1 Å². The van der Waals surface area contributed by atoms with Crippen molar-refractivity contribution in [3.05, 3.63) is 166 Å². The number of non-ortho nitro benzene ring substituents is 1. The van der Waals surface area contributed by atoms with Gasteiger partial charge in [0.2, 0.25) is 5.79 Å². The Labute approximate surface area is 424 Å². The Bertz CT molecular complexity index is 2650. The molecule has 2 aliphatic carbocycles. The summed E-state index contributed by atoms with van der Waals surface area (Å²) in [6.07, 6.45) is 7.82. The van der Waals surface area contributed by atoms with Gasteiger partial charge in [-0.15, -0.1) is 29.9 Å². The summed E-state index contributed by atoms with van der Waals surface area (Å²) in [6.45, 7) is 4.85. The van der Waals surface area contributed by atoms with Crippen LogP contribution in [0.4, 0.5) is 10.5 Å². The molecule has 71 heavy (non-hydrogen) atoms. The van der Waals surface area contributed by atoms with E-state index in [1.165, 1.54) is 12.1 Å². The summed E-state index contributed by atoms with van der Waals surface area (Å²) >= 11 is 7.91. The highest BCUT2D eigenvalue weighted by atomic mass is 35.5. The van der Waals surface area contributed by atoms with Gasteiger partial charge in [-0.1, -0.05) is 90.8 Å². The predicted octanol–water partition coefficient (Wildman–Crippen LogP) is 11.6. The van der Waals surface area contributed by atoms with E-state index in [1.54, 1.807) is 34.9 Å². The quantitative estimate of drug-likeness (QED) is 0.0143. The van der Waals surface area contributed by atoms with Gasteiger partial charge in [0.25, 0.3) is 5.69 Å². The highest BCUT2D eigenvalue weighted by Gasteiger charge is 2.65. The van der Waals surface area contributed by atoms with E-state index in [2.05, 4.69) is 30.9 Å². The molecule has 0 radical (unpaired) electrons. The third-order valence-corrected chi connectivity index (χ3v) is 14.8. The first kappa shape index (κ1) is 51.5. The van der Waals surface area contributed by atoms with Gasteiger partial charge in [0, 0.05) is 53.9 Å². The first-order valence-corrected chi connectivity index (χ1v) is 26.0. The standard InChI is InChI=1S/C56H62ClN3O10S/c1-2-30-68-56-52(59(55(63)67-31-27-57)37-42-16-12-15-40-13-6-7-19-46(40)42)36-50(58-69-38-39-21-23-43(24-22-39)60(64)65)48-34-41(14-8-10-28-61)47(20-9-11-29-62)53(54(48)56)49-35-44(25-26-51(49)70-56)66-32-33-71-45-17-4-3-5-18-45/h2-7,12-13,15-19,21-26,34-35,41,47,52-54,61-62H,1,8-11,14,20,27-33,36-38H2/t41-,47+,52-,53+,54+,56+/m0/s1. The molecule has 6 atom stereocenters. The number of nitro benzene ring substituents is 1. The number of amides is 1. The van der Waals surface area contributed by atoms with Gasteiger partial charge in [-0.3, -0.25) is 15.0 Å². The summed E-state index contributed by atoms with van der Waals surface area (Å²) in [4.78, 5) is 35.0. The lowest BCUT2D eigenvalue weighted by atomic mass is 9.55. The normalized spacial score (nSPS) is 21.6. The SMILES string of the molecule is C=CCO[C@@]12Oc3ccc(OCCSc4ccccc4)cc3[C@H]3[C@H](CCCCO)[C@@H](CCCCO)C=C(C(=NOCc4ccc([N+](=O)[O-])cc4)C[C@@H]1N(Cc1cccc4ccccc14)C(=O)OCCCl)[C@H]32. The van der Waals surface area contributed by atoms with E-state index >= 15 is 0 Å². The maximum Gasteiger partial charge on any atom is 0.410 e. The number of aliphatic hydroxyl groups is 2. The second-order valence-electron chi connectivity index (χ2n) is 18.0. The molecule has 15 heteroatoms. The van der Waals surface area contributed by atoms with E-state index in [1.807, 2.05) is 72.8 Å². The van der Waals surface area contributed by atoms with Crippen LogP contribution in [-0.2, 0) is 27.5 Å². The van der Waals surface area contributed by atoms with E-state index in [0.29, 0.717) is 42.2 Å². The summed E-state index contributed by atoms with van der Waals surface area (Å²) in [5, 5.41) is 38.5. The second-order valence-corrected chi connectivity index (χ2v) is 19.6. The lowest BCUT2D eigenvalue weighted by Gasteiger charge is -2.59. The van der Waals surface area contributed by atoms with Gasteiger partial charge >= 0.3 is 6.09 Å². The highest BCUT2D eigenvalue weighted by molar-refractivity contribution is 7.99. The fourth-order valence-electron chi connectivity index (χ4n) is 10.6. The molecule has 0 bridgehead atoms. The number of rotatable bonds is 25. The minimum Gasteiger partial charge on any atom is -0.493 e. The Morgan fingerprint density at radius 1 is 0.944 bits per heavy atom. The zero-order valence-electron chi connectivity index (χ0n) is 39.8. The highest BCUT2D eigenvalue weighted by Crippen LogP contribution is 2.62. The molecule has 1 aliphatic heterocycles. The minimum atomic E-state index is -1.54. The number of hydrogen-bond acceptors (Lipinski definition) is 12. The number of allylic oxidation sites excluding steroid dienone is 1. The molecule has 0 saturated heterocycles. The number of thioether (sulfide) groups is 1. The van der Waals surface area contributed by atoms with Crippen molar-refractivity contribution in [2.75, 3.05) is 44.7 Å². The Morgan fingerprint density at radius 2 is 1.70 bits per heavy atom. The molecule has 5 aromatic carbocycles. The van der Waals surface area contributed by atoms with Crippen molar-refractivity contribution in [1.82, 2.24) is 4.90 Å². The lowest BCUT2D eigenvalue weighted by molar-refractivity contribution is -0.384. The number of unbranched alkanes of at least 4 members (excludes halogenated alkanes) is 2. The molecule has 1 heterocycles. The molecule has 0 spiro atoms. The van der Waals surface area contributed by atoms with Crippen molar-refractivity contribution in [2.45, 2.75) is 80.7 Å². The van der Waals surface area contributed by atoms with E-state index < -0.39 is 28.8 Å². The van der Waals surface area contributed by atoms with Crippen molar-refractivity contribution in [3.63, 3.8) is 0 Å². The molecular formula is C56H62ClN3O10S. The van der Waals surface area contributed by atoms with Crippen LogP contribution in [0, 0.1) is 27.9 Å². The molecule has 1 amide bonds. The number of hydrogen-bond donors (Lipinski definition) is 2. The monoisotopic (exact) mass is 1000 g/mol. The molecular weight excluding hydrogens is 942 g/mol. The smallest absolute Gasteiger partial charge is 0.410 e. The maximum absolute atomic E-state index is 14.9. The molecule has 1 fully saturated rings. The number of carbonyl (C=O) groups excluding carboxylic acids is 1. The van der Waals surface area contributed by atoms with E-state index in [-0.39, 0.29) is 75.3 Å². The fraction of sp³-hybridized carbons (Fsp3) is 0.393. The molecule has 1 saturated carbocycles. The lowest BCUT2D eigenvalue weighted by Crippen LogP contribution is -2.70. The Morgan fingerprint density at radius 3 is 2.46 bits per heavy atom. The number of benzene rings is 5. The van der Waals surface area contributed by atoms with Gasteiger partial charge in [0.05, 0.1) is 42.2 Å². The van der Waals surface area contributed by atoms with Crippen LogP contribution in [0.15, 0.2) is 150 Å². The summed E-state index contributed by atoms with van der Waals surface area (Å²) in [5.41, 5.74) is 3.93. The summed E-state index contributed by atoms with van der Waals surface area (Å²) < 4.78 is 27.1. The molecule has 3 aliphatic rings. The number of nitro groups is 1. The summed E-state index contributed by atoms with van der Waals surface area (Å²) in [5.74, 6) is -0.303. The van der Waals surface area contributed by atoms with Crippen molar-refractivity contribution in [2.24, 2.45) is 22.9 Å². The first-order valence-electron chi connectivity index (χ1n) is 24.5. The van der Waals surface area contributed by atoms with Crippen LogP contribution in [-0.4, -0.2) is 88.3 Å². The topological polar surface area (TPSA) is 162 Å². The Hall–Kier alpha value is -5.90. The molecule has 0 aromatic heterocycles. The van der Waals surface area contributed by atoms with Crippen LogP contribution < -0.4 is 9.47 Å². The third kappa shape index (κ3) is 12.1. The average molecular weight is 1000 g/mol. The van der Waals surface area contributed by atoms with Crippen LogP contribution in [0.5, 0.6) is 11.5 Å². The van der Waals surface area contributed by atoms with Crippen LogP contribution >= 0.6 is 23.4 Å². The zero-order valence-corrected chi connectivity index (χ0v) is 41.4. The number of carbonyl (C=O) groups is 1. The molecule has 13 nitrogen and oxygen atoms in total. The Kier molecular flexibility index (Phi) is 18.1. The molecule has 2 N–H and O–H groups in total. The van der Waals surface area contributed by atoms with Crippen LogP contribution in [0.1, 0.15) is 67.6 Å². The van der Waals surface area contributed by atoms with Crippen LogP contribution in [0.25, 0.3) is 10.8 Å². The van der Waals surface area contributed by atoms with Crippen LogP contribution in [0.2, 0.25) is 0 Å². The van der Waals surface area contributed by atoms with Crippen molar-refractivity contribution < 1.29 is 43.7 Å². The molecule has 5 aromatic rings. The summed E-state index contributed by atoms with van der Waals surface area (Å²) in [7, 11) is 0. The second kappa shape index (κ2) is 25.0. The van der Waals surface area contributed by atoms with Gasteiger partial charge < -0.3 is 34.0 Å². The van der Waals surface area contributed by atoms with Gasteiger partial charge in [-0.05, 0) is 107 Å². The average Bonchev–Trinajstić information content (AvgIpc) is 3.39. The number of nitrogens with zero attached hydrogens (tertiary/aromatic N) is 3. The first-order chi connectivity index (χ1) is 34.8. The van der Waals surface area contributed by atoms with Crippen LogP contribution in [0.3, 0.4) is 0 Å². The number of fused-ring (bicyclic) bond motifs is 3. The van der Waals surface area contributed by atoms with Gasteiger partial charge in [-0.2, -0.15) is 0 Å². The minimum absolute atomic E-state index is 0.00305.